The molecule has 1 aromatic carbocycles. The molecule has 1 aromatic rings. The summed E-state index contributed by atoms with van der Waals surface area (Å²) < 4.78 is 0. The Hall–Kier alpha value is -1.39. The molecule has 2 heterocycles. The van der Waals surface area contributed by atoms with Crippen LogP contribution in [0.4, 0.5) is 5.69 Å². The third-order valence-electron chi connectivity index (χ3n) is 5.87. The number of nitrogens with zero attached hydrogens (tertiary/aromatic N) is 4. The minimum Gasteiger partial charge on any atom is -0.357 e. The van der Waals surface area contributed by atoms with Crippen LogP contribution in [0.3, 0.4) is 0 Å². The molecule has 1 amide bonds. The average Bonchev–Trinajstić information content (AvgIpc) is 3.19. The monoisotopic (exact) mass is 542 g/mol. The van der Waals surface area contributed by atoms with E-state index >= 15 is 0 Å². The van der Waals surface area contributed by atoms with Gasteiger partial charge in [-0.2, -0.15) is 0 Å². The number of hydrogen-bond acceptors (Lipinski definition) is 4. The van der Waals surface area contributed by atoms with Gasteiger partial charge in [-0.05, 0) is 57.5 Å². The number of anilines is 1. The zero-order chi connectivity index (χ0) is 21.2. The van der Waals surface area contributed by atoms with Gasteiger partial charge in [0.2, 0.25) is 5.91 Å². The van der Waals surface area contributed by atoms with Crippen molar-refractivity contribution in [3.05, 3.63) is 29.8 Å². The van der Waals surface area contributed by atoms with Crippen LogP contribution in [0, 0.1) is 0 Å². The smallest absolute Gasteiger partial charge is 0.227 e. The van der Waals surface area contributed by atoms with E-state index in [-0.39, 0.29) is 29.9 Å². The molecule has 7 nitrogen and oxygen atoms in total. The highest BCUT2D eigenvalue weighted by Gasteiger charge is 2.21. The van der Waals surface area contributed by atoms with E-state index in [1.165, 1.54) is 39.1 Å². The molecule has 2 N–H and O–H groups in total. The summed E-state index contributed by atoms with van der Waals surface area (Å²) in [4.78, 5) is 23.4. The van der Waals surface area contributed by atoms with Crippen LogP contribution in [0.1, 0.15) is 38.2 Å². The summed E-state index contributed by atoms with van der Waals surface area (Å²) in [6.45, 7) is 11.3. The maximum absolute atomic E-state index is 11.9. The van der Waals surface area contributed by atoms with Crippen molar-refractivity contribution in [3.8, 4) is 0 Å². The van der Waals surface area contributed by atoms with Crippen LogP contribution in [-0.4, -0.2) is 81.1 Å². The first-order valence-corrected chi connectivity index (χ1v) is 11.5. The van der Waals surface area contributed by atoms with E-state index in [0.29, 0.717) is 13.0 Å². The normalized spacial score (nSPS) is 18.2. The van der Waals surface area contributed by atoms with Crippen molar-refractivity contribution in [1.82, 2.24) is 20.4 Å². The van der Waals surface area contributed by atoms with E-state index in [4.69, 9.17) is 4.99 Å². The molecule has 3 rings (SSSR count). The SMILES string of the molecule is CCNC(=NCc1ccc(N2CCCC2=O)cc1)NCCCCN1CCN(C)CC1.I. The first-order valence-electron chi connectivity index (χ1n) is 11.5. The fourth-order valence-electron chi connectivity index (χ4n) is 3.95. The van der Waals surface area contributed by atoms with Crippen LogP contribution in [0.5, 0.6) is 0 Å². The molecular formula is C23H39IN6O. The molecule has 0 radical (unpaired) electrons. The third-order valence-corrected chi connectivity index (χ3v) is 5.87. The van der Waals surface area contributed by atoms with Crippen LogP contribution in [0.15, 0.2) is 29.3 Å². The van der Waals surface area contributed by atoms with Crippen molar-refractivity contribution < 1.29 is 4.79 Å². The minimum absolute atomic E-state index is 0. The molecule has 0 spiro atoms. The summed E-state index contributed by atoms with van der Waals surface area (Å²) in [5, 5.41) is 6.79. The molecule has 0 saturated carbocycles. The Morgan fingerprint density at radius 3 is 2.42 bits per heavy atom. The number of amides is 1. The molecule has 2 fully saturated rings. The number of likely N-dealkylation sites (N-methyl/N-ethyl adjacent to an activating group) is 1. The van der Waals surface area contributed by atoms with Gasteiger partial charge in [-0.1, -0.05) is 12.1 Å². The lowest BCUT2D eigenvalue weighted by Gasteiger charge is -2.32. The molecule has 174 valence electrons. The van der Waals surface area contributed by atoms with Gasteiger partial charge in [0.1, 0.15) is 0 Å². The van der Waals surface area contributed by atoms with Gasteiger partial charge in [-0.25, -0.2) is 4.99 Å². The van der Waals surface area contributed by atoms with Crippen molar-refractivity contribution in [2.45, 2.75) is 39.2 Å². The van der Waals surface area contributed by atoms with Crippen LogP contribution in [0.2, 0.25) is 0 Å². The molecular weight excluding hydrogens is 503 g/mol. The van der Waals surface area contributed by atoms with Crippen LogP contribution in [0.25, 0.3) is 0 Å². The second-order valence-corrected chi connectivity index (χ2v) is 8.29. The number of guanidine groups is 1. The first kappa shape index (κ1) is 25.9. The summed E-state index contributed by atoms with van der Waals surface area (Å²) in [6, 6.07) is 8.22. The maximum Gasteiger partial charge on any atom is 0.227 e. The van der Waals surface area contributed by atoms with Crippen LogP contribution in [-0.2, 0) is 11.3 Å². The quantitative estimate of drug-likeness (QED) is 0.218. The largest absolute Gasteiger partial charge is 0.357 e. The highest BCUT2D eigenvalue weighted by Crippen LogP contribution is 2.21. The van der Waals surface area contributed by atoms with E-state index < -0.39 is 0 Å². The van der Waals surface area contributed by atoms with Gasteiger partial charge in [0, 0.05) is 57.9 Å². The first-order chi connectivity index (χ1) is 14.7. The number of aliphatic imine (C=N–C) groups is 1. The van der Waals surface area contributed by atoms with E-state index in [2.05, 4.69) is 46.5 Å². The standard InChI is InChI=1S/C23H38N6O.HI/c1-3-24-23(25-12-4-5-13-28-17-15-27(2)16-18-28)26-19-20-8-10-21(11-9-20)29-14-6-7-22(29)30;/h8-11H,3-7,12-19H2,1-2H3,(H2,24,25,26);1H. The fraction of sp³-hybridized carbons (Fsp3) is 0.652. The Morgan fingerprint density at radius 2 is 1.77 bits per heavy atom. The minimum atomic E-state index is 0. The molecule has 2 saturated heterocycles. The molecule has 0 atom stereocenters. The van der Waals surface area contributed by atoms with Gasteiger partial charge in [0.15, 0.2) is 5.96 Å². The van der Waals surface area contributed by atoms with Crippen molar-refractivity contribution in [3.63, 3.8) is 0 Å². The van der Waals surface area contributed by atoms with Gasteiger partial charge in [0.25, 0.3) is 0 Å². The molecule has 31 heavy (non-hydrogen) atoms. The number of carbonyl (C=O) groups is 1. The van der Waals surface area contributed by atoms with E-state index in [1.807, 2.05) is 17.0 Å². The highest BCUT2D eigenvalue weighted by atomic mass is 127. The van der Waals surface area contributed by atoms with Crippen molar-refractivity contribution in [2.75, 3.05) is 64.3 Å². The molecule has 0 bridgehead atoms. The van der Waals surface area contributed by atoms with E-state index in [0.717, 1.165) is 49.7 Å². The Bertz CT molecular complexity index is 688. The second kappa shape index (κ2) is 13.9. The number of unbranched alkanes of at least 4 members (excludes halogenated alkanes) is 1. The van der Waals surface area contributed by atoms with Gasteiger partial charge in [-0.3, -0.25) is 4.79 Å². The lowest BCUT2D eigenvalue weighted by molar-refractivity contribution is -0.117. The number of nitrogens with one attached hydrogen (secondary N) is 2. The zero-order valence-electron chi connectivity index (χ0n) is 19.1. The Labute approximate surface area is 204 Å². The summed E-state index contributed by atoms with van der Waals surface area (Å²) in [7, 11) is 2.20. The fourth-order valence-corrected chi connectivity index (χ4v) is 3.95. The van der Waals surface area contributed by atoms with E-state index in [1.54, 1.807) is 0 Å². The number of carbonyl (C=O) groups excluding carboxylic acids is 1. The van der Waals surface area contributed by atoms with Gasteiger partial charge in [0.05, 0.1) is 6.54 Å². The Kier molecular flexibility index (Phi) is 11.6. The highest BCUT2D eigenvalue weighted by molar-refractivity contribution is 14.0. The maximum atomic E-state index is 11.9. The van der Waals surface area contributed by atoms with E-state index in [9.17, 15) is 4.79 Å². The topological polar surface area (TPSA) is 63.2 Å². The predicted octanol–water partition coefficient (Wildman–Crippen LogP) is 2.51. The van der Waals surface area contributed by atoms with Crippen LogP contribution < -0.4 is 15.5 Å². The number of piperazine rings is 1. The summed E-state index contributed by atoms with van der Waals surface area (Å²) in [6.07, 6.45) is 3.99. The third kappa shape index (κ3) is 8.57. The summed E-state index contributed by atoms with van der Waals surface area (Å²) in [5.41, 5.74) is 2.15. The average molecular weight is 543 g/mol. The predicted molar refractivity (Wildman–Crippen MR) is 139 cm³/mol. The molecule has 2 aliphatic heterocycles. The zero-order valence-corrected chi connectivity index (χ0v) is 21.4. The Balaban J connectivity index is 0.00000341. The van der Waals surface area contributed by atoms with Crippen molar-refractivity contribution in [1.29, 1.82) is 0 Å². The van der Waals surface area contributed by atoms with Gasteiger partial charge in [-0.15, -0.1) is 24.0 Å². The lowest BCUT2D eigenvalue weighted by Crippen LogP contribution is -2.44. The molecule has 2 aliphatic rings. The van der Waals surface area contributed by atoms with Gasteiger partial charge >= 0.3 is 0 Å². The number of halogens is 1. The second-order valence-electron chi connectivity index (χ2n) is 8.29. The molecule has 8 heteroatoms. The van der Waals surface area contributed by atoms with Crippen molar-refractivity contribution in [2.24, 2.45) is 4.99 Å². The van der Waals surface area contributed by atoms with Crippen molar-refractivity contribution >= 4 is 41.5 Å². The molecule has 0 unspecified atom stereocenters. The molecule has 0 aromatic heterocycles. The number of benzene rings is 1. The summed E-state index contributed by atoms with van der Waals surface area (Å²) >= 11 is 0. The molecule has 0 aliphatic carbocycles. The number of hydrogen-bond donors (Lipinski definition) is 2. The lowest BCUT2D eigenvalue weighted by atomic mass is 10.2. The summed E-state index contributed by atoms with van der Waals surface area (Å²) in [5.74, 6) is 1.10. The Morgan fingerprint density at radius 1 is 1.03 bits per heavy atom. The van der Waals surface area contributed by atoms with Gasteiger partial charge < -0.3 is 25.3 Å². The van der Waals surface area contributed by atoms with Crippen LogP contribution >= 0.6 is 24.0 Å². The number of rotatable bonds is 9.